The second kappa shape index (κ2) is 7.07. The molecule has 4 amide bonds. The highest BCUT2D eigenvalue weighted by Crippen LogP contribution is 2.16. The van der Waals surface area contributed by atoms with E-state index in [9.17, 15) is 18.8 Å². The largest absolute Gasteiger partial charge is 0.326 e. The van der Waals surface area contributed by atoms with Crippen LogP contribution < -0.4 is 10.6 Å². The third-order valence-electron chi connectivity index (χ3n) is 3.67. The predicted molar refractivity (Wildman–Crippen MR) is 83.5 cm³/mol. The lowest BCUT2D eigenvalue weighted by Gasteiger charge is -2.13. The molecule has 3 N–H and O–H groups in total. The quantitative estimate of drug-likeness (QED) is 0.668. The van der Waals surface area contributed by atoms with Crippen molar-refractivity contribution < 1.29 is 18.8 Å². The van der Waals surface area contributed by atoms with Crippen molar-refractivity contribution in [2.24, 2.45) is 0 Å². The van der Waals surface area contributed by atoms with Crippen LogP contribution in [-0.4, -0.2) is 44.0 Å². The molecule has 1 atom stereocenters. The van der Waals surface area contributed by atoms with Crippen LogP contribution in [-0.2, 0) is 16.1 Å². The summed E-state index contributed by atoms with van der Waals surface area (Å²) in [7, 11) is 0. The minimum absolute atomic E-state index is 0.0190. The number of amides is 4. The number of hydrogen-bond acceptors (Lipinski definition) is 5. The number of imide groups is 1. The normalized spacial score (nSPS) is 16.8. The van der Waals surface area contributed by atoms with Crippen LogP contribution >= 0.6 is 0 Å². The molecule has 10 heteroatoms. The summed E-state index contributed by atoms with van der Waals surface area (Å²) in [5, 5.41) is 11.1. The molecule has 0 aliphatic carbocycles. The number of rotatable bonds is 6. The van der Waals surface area contributed by atoms with Gasteiger partial charge in [-0.2, -0.15) is 10.1 Å². The summed E-state index contributed by atoms with van der Waals surface area (Å²) in [5.74, 6) is -1.03. The Hall–Kier alpha value is -3.30. The van der Waals surface area contributed by atoms with Crippen molar-refractivity contribution in [3.8, 4) is 0 Å². The fourth-order valence-corrected chi connectivity index (χ4v) is 2.48. The molecule has 9 nitrogen and oxygen atoms in total. The van der Waals surface area contributed by atoms with Crippen molar-refractivity contribution in [1.29, 1.82) is 0 Å². The first-order valence-electron chi connectivity index (χ1n) is 7.54. The van der Waals surface area contributed by atoms with Crippen molar-refractivity contribution in [3.63, 3.8) is 0 Å². The average Bonchev–Trinajstić information content (AvgIpc) is 3.16. The molecule has 1 aliphatic heterocycles. The Morgan fingerprint density at radius 1 is 1.36 bits per heavy atom. The molecule has 1 saturated heterocycles. The smallest absolute Gasteiger partial charge is 0.325 e. The lowest BCUT2D eigenvalue weighted by molar-refractivity contribution is -0.128. The van der Waals surface area contributed by atoms with Gasteiger partial charge in [0.1, 0.15) is 18.2 Å². The first-order valence-corrected chi connectivity index (χ1v) is 7.54. The lowest BCUT2D eigenvalue weighted by Crippen LogP contribution is -2.31. The number of aromatic amines is 1. The molecular formula is C15H15FN6O3. The summed E-state index contributed by atoms with van der Waals surface area (Å²) >= 11 is 0. The number of anilines is 1. The third kappa shape index (κ3) is 3.97. The fourth-order valence-electron chi connectivity index (χ4n) is 2.48. The van der Waals surface area contributed by atoms with Crippen LogP contribution in [0.15, 0.2) is 30.6 Å². The zero-order chi connectivity index (χ0) is 17.8. The molecule has 2 heterocycles. The van der Waals surface area contributed by atoms with Gasteiger partial charge in [-0.3, -0.25) is 19.8 Å². The molecule has 3 rings (SSSR count). The van der Waals surface area contributed by atoms with Gasteiger partial charge in [0.2, 0.25) is 11.9 Å². The van der Waals surface area contributed by atoms with E-state index in [0.717, 1.165) is 4.90 Å². The molecule has 2 aromatic rings. The standard InChI is InChI=1S/C15H15FN6O3/c16-10-3-1-2-9(6-10)7-22-13(24)11(19-15(22)25)4-5-12(23)20-14-17-8-18-21-14/h1-3,6,8,11H,4-5,7H2,(H,19,25)(H2,17,18,20,21,23). The third-order valence-corrected chi connectivity index (χ3v) is 3.67. The van der Waals surface area contributed by atoms with E-state index in [1.807, 2.05) is 0 Å². The van der Waals surface area contributed by atoms with Gasteiger partial charge in [0.15, 0.2) is 0 Å². The monoisotopic (exact) mass is 346 g/mol. The summed E-state index contributed by atoms with van der Waals surface area (Å²) in [5.41, 5.74) is 0.507. The van der Waals surface area contributed by atoms with E-state index < -0.39 is 23.8 Å². The van der Waals surface area contributed by atoms with Gasteiger partial charge in [0, 0.05) is 6.42 Å². The van der Waals surface area contributed by atoms with Crippen LogP contribution in [0.5, 0.6) is 0 Å². The number of nitrogens with zero attached hydrogens (tertiary/aromatic N) is 3. The highest BCUT2D eigenvalue weighted by atomic mass is 19.1. The summed E-state index contributed by atoms with van der Waals surface area (Å²) in [6, 6.07) is 4.33. The Bertz CT molecular complexity index is 794. The van der Waals surface area contributed by atoms with E-state index >= 15 is 0 Å². The molecule has 1 aliphatic rings. The molecule has 25 heavy (non-hydrogen) atoms. The molecule has 130 valence electrons. The Morgan fingerprint density at radius 2 is 2.20 bits per heavy atom. The van der Waals surface area contributed by atoms with Crippen molar-refractivity contribution in [3.05, 3.63) is 42.0 Å². The van der Waals surface area contributed by atoms with Gasteiger partial charge in [-0.05, 0) is 24.1 Å². The fraction of sp³-hybridized carbons (Fsp3) is 0.267. The summed E-state index contributed by atoms with van der Waals surface area (Å²) in [6.45, 7) is -0.0246. The number of urea groups is 1. The highest BCUT2D eigenvalue weighted by molar-refractivity contribution is 6.04. The van der Waals surface area contributed by atoms with E-state index in [0.29, 0.717) is 5.56 Å². The van der Waals surface area contributed by atoms with Gasteiger partial charge in [-0.15, -0.1) is 0 Å². The lowest BCUT2D eigenvalue weighted by atomic mass is 10.1. The molecule has 1 fully saturated rings. The maximum atomic E-state index is 13.2. The van der Waals surface area contributed by atoms with Gasteiger partial charge in [-0.25, -0.2) is 14.3 Å². The topological polar surface area (TPSA) is 120 Å². The van der Waals surface area contributed by atoms with Gasteiger partial charge >= 0.3 is 6.03 Å². The molecule has 0 bridgehead atoms. The van der Waals surface area contributed by atoms with Crippen molar-refractivity contribution >= 4 is 23.8 Å². The number of nitrogens with one attached hydrogen (secondary N) is 3. The zero-order valence-electron chi connectivity index (χ0n) is 13.0. The second-order valence-corrected chi connectivity index (χ2v) is 5.48. The minimum atomic E-state index is -0.790. The second-order valence-electron chi connectivity index (χ2n) is 5.48. The summed E-state index contributed by atoms with van der Waals surface area (Å²) in [4.78, 5) is 40.8. The van der Waals surface area contributed by atoms with Crippen LogP contribution in [0.1, 0.15) is 18.4 Å². The molecular weight excluding hydrogens is 331 g/mol. The minimum Gasteiger partial charge on any atom is -0.326 e. The van der Waals surface area contributed by atoms with Crippen LogP contribution in [0.3, 0.4) is 0 Å². The first-order chi connectivity index (χ1) is 12.0. The number of H-pyrrole nitrogens is 1. The molecule has 0 saturated carbocycles. The number of aromatic nitrogens is 3. The van der Waals surface area contributed by atoms with Crippen molar-refractivity contribution in [2.45, 2.75) is 25.4 Å². The number of hydrogen-bond donors (Lipinski definition) is 3. The van der Waals surface area contributed by atoms with Crippen LogP contribution in [0.2, 0.25) is 0 Å². The molecule has 1 aromatic carbocycles. The van der Waals surface area contributed by atoms with Crippen LogP contribution in [0, 0.1) is 5.82 Å². The number of carbonyl (C=O) groups excluding carboxylic acids is 3. The Kier molecular flexibility index (Phi) is 4.68. The van der Waals surface area contributed by atoms with E-state index in [1.54, 1.807) is 6.07 Å². The Morgan fingerprint density at radius 3 is 2.92 bits per heavy atom. The van der Waals surface area contributed by atoms with E-state index in [2.05, 4.69) is 25.8 Å². The van der Waals surface area contributed by atoms with Crippen LogP contribution in [0.25, 0.3) is 0 Å². The summed E-state index contributed by atoms with van der Waals surface area (Å²) < 4.78 is 13.2. The molecule has 1 aromatic heterocycles. The number of halogens is 1. The molecule has 0 radical (unpaired) electrons. The van der Waals surface area contributed by atoms with Gasteiger partial charge in [0.05, 0.1) is 6.54 Å². The maximum Gasteiger partial charge on any atom is 0.325 e. The van der Waals surface area contributed by atoms with E-state index in [1.165, 1.54) is 24.5 Å². The summed E-state index contributed by atoms with van der Waals surface area (Å²) in [6.07, 6.45) is 1.41. The SMILES string of the molecule is O=C(CCC1NC(=O)N(Cc2cccc(F)c2)C1=O)Nc1ncn[nH]1. The van der Waals surface area contributed by atoms with Crippen LogP contribution in [0.4, 0.5) is 15.1 Å². The maximum absolute atomic E-state index is 13.2. The molecule has 1 unspecified atom stereocenters. The van der Waals surface area contributed by atoms with Crippen molar-refractivity contribution in [1.82, 2.24) is 25.4 Å². The number of carbonyl (C=O) groups is 3. The van der Waals surface area contributed by atoms with Gasteiger partial charge in [-0.1, -0.05) is 12.1 Å². The highest BCUT2D eigenvalue weighted by Gasteiger charge is 2.37. The average molecular weight is 346 g/mol. The predicted octanol–water partition coefficient (Wildman–Crippen LogP) is 0.783. The molecule has 0 spiro atoms. The zero-order valence-corrected chi connectivity index (χ0v) is 13.0. The Labute approximate surface area is 141 Å². The van der Waals surface area contributed by atoms with E-state index in [4.69, 9.17) is 0 Å². The number of benzene rings is 1. The van der Waals surface area contributed by atoms with Gasteiger partial charge in [0.25, 0.3) is 5.91 Å². The Balaban J connectivity index is 1.54. The van der Waals surface area contributed by atoms with Gasteiger partial charge < -0.3 is 5.32 Å². The van der Waals surface area contributed by atoms with Crippen molar-refractivity contribution in [2.75, 3.05) is 5.32 Å². The van der Waals surface area contributed by atoms with E-state index in [-0.39, 0.29) is 31.2 Å². The first kappa shape index (κ1) is 16.6.